The van der Waals surface area contributed by atoms with Crippen molar-refractivity contribution in [1.29, 1.82) is 0 Å². The average Bonchev–Trinajstić information content (AvgIpc) is 2.57. The van der Waals surface area contributed by atoms with E-state index in [1.54, 1.807) is 0 Å². The second kappa shape index (κ2) is 10.3. The number of amides is 2. The summed E-state index contributed by atoms with van der Waals surface area (Å²) in [7, 11) is 0. The molecule has 2 amide bonds. The molecule has 2 rings (SSSR count). The number of piperidine rings is 1. The minimum absolute atomic E-state index is 0.170. The predicted molar refractivity (Wildman–Crippen MR) is 103 cm³/mol. The highest BCUT2D eigenvalue weighted by molar-refractivity contribution is 5.90. The summed E-state index contributed by atoms with van der Waals surface area (Å²) in [6.07, 6.45) is 4.81. The lowest BCUT2D eigenvalue weighted by molar-refractivity contribution is 0.181. The minimum atomic E-state index is -0.170. The van der Waals surface area contributed by atoms with Gasteiger partial charge in [-0.15, -0.1) is 0 Å². The first kappa shape index (κ1) is 19.6. The van der Waals surface area contributed by atoms with Gasteiger partial charge in [0.25, 0.3) is 0 Å². The van der Waals surface area contributed by atoms with Crippen LogP contribution in [-0.4, -0.2) is 43.7 Å². The normalized spacial score (nSPS) is 18.0. The summed E-state index contributed by atoms with van der Waals surface area (Å²) in [5.41, 5.74) is 1.83. The molecule has 1 aliphatic heterocycles. The number of ether oxygens (including phenoxy) is 1. The van der Waals surface area contributed by atoms with Gasteiger partial charge in [0.05, 0.1) is 12.3 Å². The number of rotatable bonds is 8. The molecule has 1 unspecified atom stereocenters. The maximum Gasteiger partial charge on any atom is 0.319 e. The molecule has 0 aromatic heterocycles. The van der Waals surface area contributed by atoms with Crippen LogP contribution < -0.4 is 15.4 Å². The highest BCUT2D eigenvalue weighted by Gasteiger charge is 2.15. The van der Waals surface area contributed by atoms with Gasteiger partial charge in [-0.3, -0.25) is 0 Å². The molecule has 1 fully saturated rings. The molecule has 0 radical (unpaired) electrons. The number of likely N-dealkylation sites (tertiary alicyclic amines) is 1. The zero-order valence-corrected chi connectivity index (χ0v) is 15.9. The van der Waals surface area contributed by atoms with Gasteiger partial charge in [0.2, 0.25) is 0 Å². The van der Waals surface area contributed by atoms with Crippen molar-refractivity contribution < 1.29 is 9.53 Å². The molecule has 0 aliphatic carbocycles. The standard InChI is InChI=1S/C20H33N3O2/c1-4-25-19-14-16(2)9-10-18(19)22-20(24)21-11-5-6-12-23-13-7-8-17(3)15-23/h9-10,14,17H,4-8,11-13,15H2,1-3H3,(H2,21,22,24). The Labute approximate surface area is 152 Å². The second-order valence-electron chi connectivity index (χ2n) is 7.07. The van der Waals surface area contributed by atoms with E-state index in [1.165, 1.54) is 25.9 Å². The van der Waals surface area contributed by atoms with Gasteiger partial charge in [0.1, 0.15) is 5.75 Å². The van der Waals surface area contributed by atoms with E-state index in [4.69, 9.17) is 4.74 Å². The van der Waals surface area contributed by atoms with E-state index in [9.17, 15) is 4.79 Å². The Bertz CT molecular complexity index is 548. The van der Waals surface area contributed by atoms with Crippen molar-refractivity contribution in [3.05, 3.63) is 23.8 Å². The molecule has 5 heteroatoms. The quantitative estimate of drug-likeness (QED) is 0.698. The molecule has 1 saturated heterocycles. The third kappa shape index (κ3) is 6.94. The summed E-state index contributed by atoms with van der Waals surface area (Å²) < 4.78 is 5.59. The number of hydrogen-bond donors (Lipinski definition) is 2. The van der Waals surface area contributed by atoms with Crippen LogP contribution in [0.3, 0.4) is 0 Å². The third-order valence-electron chi connectivity index (χ3n) is 4.61. The Morgan fingerprint density at radius 2 is 2.20 bits per heavy atom. The number of benzene rings is 1. The molecule has 1 aromatic carbocycles. The number of anilines is 1. The van der Waals surface area contributed by atoms with Gasteiger partial charge in [-0.1, -0.05) is 13.0 Å². The van der Waals surface area contributed by atoms with Crippen molar-refractivity contribution >= 4 is 11.7 Å². The predicted octanol–water partition coefficient (Wildman–Crippen LogP) is 4.03. The number of nitrogens with one attached hydrogen (secondary N) is 2. The van der Waals surface area contributed by atoms with Gasteiger partial charge in [-0.05, 0) is 76.2 Å². The SMILES string of the molecule is CCOc1cc(C)ccc1NC(=O)NCCCCN1CCCC(C)C1. The average molecular weight is 348 g/mol. The first-order valence-electron chi connectivity index (χ1n) is 9.59. The zero-order valence-electron chi connectivity index (χ0n) is 15.9. The number of hydrogen-bond acceptors (Lipinski definition) is 3. The van der Waals surface area contributed by atoms with E-state index in [-0.39, 0.29) is 6.03 Å². The van der Waals surface area contributed by atoms with E-state index < -0.39 is 0 Å². The Balaban J connectivity index is 1.65. The molecular weight excluding hydrogens is 314 g/mol. The molecule has 25 heavy (non-hydrogen) atoms. The number of aryl methyl sites for hydroxylation is 1. The van der Waals surface area contributed by atoms with Crippen molar-refractivity contribution in [3.63, 3.8) is 0 Å². The highest BCUT2D eigenvalue weighted by Crippen LogP contribution is 2.25. The lowest BCUT2D eigenvalue weighted by atomic mass is 10.0. The number of nitrogens with zero attached hydrogens (tertiary/aromatic N) is 1. The van der Waals surface area contributed by atoms with Crippen molar-refractivity contribution in [2.24, 2.45) is 5.92 Å². The number of carbonyl (C=O) groups excluding carboxylic acids is 1. The molecule has 140 valence electrons. The third-order valence-corrected chi connectivity index (χ3v) is 4.61. The van der Waals surface area contributed by atoms with Crippen molar-refractivity contribution in [3.8, 4) is 5.75 Å². The molecule has 1 atom stereocenters. The molecule has 0 spiro atoms. The molecular formula is C20H33N3O2. The van der Waals surface area contributed by atoms with Gasteiger partial charge >= 0.3 is 6.03 Å². The summed E-state index contributed by atoms with van der Waals surface area (Å²) in [5.74, 6) is 1.54. The summed E-state index contributed by atoms with van der Waals surface area (Å²) in [6, 6.07) is 5.63. The van der Waals surface area contributed by atoms with Crippen LogP contribution in [0.5, 0.6) is 5.75 Å². The van der Waals surface area contributed by atoms with Crippen LogP contribution in [0, 0.1) is 12.8 Å². The Morgan fingerprint density at radius 3 is 2.96 bits per heavy atom. The van der Waals surface area contributed by atoms with Crippen molar-refractivity contribution in [2.75, 3.05) is 38.1 Å². The molecule has 1 aromatic rings. The summed E-state index contributed by atoms with van der Waals surface area (Å²) >= 11 is 0. The minimum Gasteiger partial charge on any atom is -0.492 e. The lowest BCUT2D eigenvalue weighted by Gasteiger charge is -2.30. The van der Waals surface area contributed by atoms with Crippen molar-refractivity contribution in [2.45, 2.75) is 46.5 Å². The van der Waals surface area contributed by atoms with Crippen molar-refractivity contribution in [1.82, 2.24) is 10.2 Å². The van der Waals surface area contributed by atoms with Gasteiger partial charge in [0, 0.05) is 13.1 Å². The van der Waals surface area contributed by atoms with Crippen LogP contribution in [0.25, 0.3) is 0 Å². The fourth-order valence-corrected chi connectivity index (χ4v) is 3.33. The largest absolute Gasteiger partial charge is 0.492 e. The van der Waals surface area contributed by atoms with Gasteiger partial charge < -0.3 is 20.3 Å². The van der Waals surface area contributed by atoms with E-state index >= 15 is 0 Å². The second-order valence-corrected chi connectivity index (χ2v) is 7.07. The first-order chi connectivity index (χ1) is 12.1. The zero-order chi connectivity index (χ0) is 18.1. The monoisotopic (exact) mass is 347 g/mol. The maximum absolute atomic E-state index is 12.1. The number of carbonyl (C=O) groups is 1. The van der Waals surface area contributed by atoms with Crippen LogP contribution in [0.2, 0.25) is 0 Å². The Kier molecular flexibility index (Phi) is 8.06. The summed E-state index contributed by atoms with van der Waals surface area (Å²) in [5, 5.41) is 5.82. The van der Waals surface area contributed by atoms with Crippen LogP contribution in [0.4, 0.5) is 10.5 Å². The Morgan fingerprint density at radius 1 is 1.36 bits per heavy atom. The molecule has 1 heterocycles. The fourth-order valence-electron chi connectivity index (χ4n) is 3.33. The number of urea groups is 1. The van der Waals surface area contributed by atoms with E-state index in [2.05, 4.69) is 22.5 Å². The van der Waals surface area contributed by atoms with E-state index in [1.807, 2.05) is 32.0 Å². The molecule has 5 nitrogen and oxygen atoms in total. The van der Waals surface area contributed by atoms with E-state index in [0.29, 0.717) is 18.8 Å². The van der Waals surface area contributed by atoms with Gasteiger partial charge in [-0.25, -0.2) is 4.79 Å². The topological polar surface area (TPSA) is 53.6 Å². The number of unbranched alkanes of at least 4 members (excludes halogenated alkanes) is 1. The highest BCUT2D eigenvalue weighted by atomic mass is 16.5. The molecule has 0 saturated carbocycles. The van der Waals surface area contributed by atoms with Gasteiger partial charge in [-0.2, -0.15) is 0 Å². The maximum atomic E-state index is 12.1. The van der Waals surface area contributed by atoms with Crippen LogP contribution in [-0.2, 0) is 0 Å². The molecule has 2 N–H and O–H groups in total. The van der Waals surface area contributed by atoms with Gasteiger partial charge in [0.15, 0.2) is 0 Å². The smallest absolute Gasteiger partial charge is 0.319 e. The van der Waals surface area contributed by atoms with Crippen LogP contribution in [0.1, 0.15) is 45.1 Å². The van der Waals surface area contributed by atoms with Crippen LogP contribution >= 0.6 is 0 Å². The molecule has 1 aliphatic rings. The van der Waals surface area contributed by atoms with E-state index in [0.717, 1.165) is 36.6 Å². The van der Waals surface area contributed by atoms with Crippen LogP contribution in [0.15, 0.2) is 18.2 Å². The summed E-state index contributed by atoms with van der Waals surface area (Å²) in [6.45, 7) is 11.2. The Hall–Kier alpha value is -1.75. The first-order valence-corrected chi connectivity index (χ1v) is 9.59. The lowest BCUT2D eigenvalue weighted by Crippen LogP contribution is -2.35. The fraction of sp³-hybridized carbons (Fsp3) is 0.650. The molecule has 0 bridgehead atoms. The summed E-state index contributed by atoms with van der Waals surface area (Å²) in [4.78, 5) is 14.6.